The molecule has 0 fully saturated rings. The van der Waals surface area contributed by atoms with Gasteiger partial charge >= 0.3 is 0 Å². The van der Waals surface area contributed by atoms with E-state index in [-0.39, 0.29) is 11.8 Å². The van der Waals surface area contributed by atoms with Crippen LogP contribution in [0.5, 0.6) is 0 Å². The second kappa shape index (κ2) is 8.01. The number of anilines is 1. The number of aromatic nitrogens is 1. The van der Waals surface area contributed by atoms with Gasteiger partial charge in [0.1, 0.15) is 23.7 Å². The molecular weight excluding hydrogens is 368 g/mol. The highest BCUT2D eigenvalue weighted by molar-refractivity contribution is 7.21. The van der Waals surface area contributed by atoms with Crippen LogP contribution in [-0.2, 0) is 0 Å². The second-order valence-corrected chi connectivity index (χ2v) is 7.66. The number of rotatable bonds is 5. The van der Waals surface area contributed by atoms with E-state index < -0.39 is 0 Å². The van der Waals surface area contributed by atoms with Gasteiger partial charge in [0.05, 0.1) is 12.4 Å². The zero-order valence-corrected chi connectivity index (χ0v) is 16.7. The topological polar surface area (TPSA) is 55.8 Å². The molecule has 0 bridgehead atoms. The van der Waals surface area contributed by atoms with Gasteiger partial charge in [-0.1, -0.05) is 0 Å². The molecule has 1 aromatic rings. The molecule has 0 aromatic heterocycles. The Morgan fingerprint density at radius 2 is 2.08 bits per heavy atom. The van der Waals surface area contributed by atoms with E-state index in [9.17, 15) is 5.11 Å². The summed E-state index contributed by atoms with van der Waals surface area (Å²) in [6.45, 7) is 1.11. The lowest BCUT2D eigenvalue weighted by atomic mass is 10.2. The maximum Gasteiger partial charge on any atom is 0.221 e. The molecule has 0 amide bonds. The molecule has 3 rings (SSSR count). The van der Waals surface area contributed by atoms with Gasteiger partial charge < -0.3 is 15.0 Å². The number of nitrogens with one attached hydrogen (secondary N) is 1. The van der Waals surface area contributed by atoms with Gasteiger partial charge in [-0.15, -0.1) is 22.9 Å². The van der Waals surface area contributed by atoms with Gasteiger partial charge in [0.25, 0.3) is 0 Å². The summed E-state index contributed by atoms with van der Waals surface area (Å²) in [7, 11) is 6.09. The molecule has 0 unspecified atom stereocenters. The Balaban J connectivity index is 1.93. The Hall–Kier alpha value is -2.18. The lowest BCUT2D eigenvalue weighted by Gasteiger charge is -2.19. The first-order chi connectivity index (χ1) is 12.5. The Morgan fingerprint density at radius 3 is 2.81 bits per heavy atom. The number of aromatic amines is 1. The predicted octanol–water partition coefficient (Wildman–Crippen LogP) is 1.29. The number of halogens is 1. The summed E-state index contributed by atoms with van der Waals surface area (Å²) in [4.78, 5) is 10.7. The number of benzene rings is 2. The first-order valence-electron chi connectivity index (χ1n) is 8.35. The molecule has 0 saturated heterocycles. The molecule has 0 atom stereocenters. The highest BCUT2D eigenvalue weighted by atomic mass is 35.5. The predicted molar refractivity (Wildman–Crippen MR) is 108 cm³/mol. The normalized spacial score (nSPS) is 11.9. The van der Waals surface area contributed by atoms with Gasteiger partial charge in [-0.05, 0) is 18.0 Å². The third kappa shape index (κ3) is 4.14. The van der Waals surface area contributed by atoms with E-state index in [1.165, 1.54) is 14.9 Å². The second-order valence-electron chi connectivity index (χ2n) is 6.31. The van der Waals surface area contributed by atoms with Crippen molar-refractivity contribution in [2.24, 2.45) is 4.99 Å². The summed E-state index contributed by atoms with van der Waals surface area (Å²) in [6.07, 6.45) is 0. The van der Waals surface area contributed by atoms with Crippen LogP contribution in [0.25, 0.3) is 20.8 Å². The maximum absolute atomic E-state index is 11.2. The van der Waals surface area contributed by atoms with Crippen LogP contribution >= 0.6 is 22.9 Å². The van der Waals surface area contributed by atoms with E-state index in [0.717, 1.165) is 16.9 Å². The minimum Gasteiger partial charge on any atom is -0.861 e. The minimum atomic E-state index is -0.265. The molecule has 0 spiro atoms. The van der Waals surface area contributed by atoms with Crippen molar-refractivity contribution in [3.05, 3.63) is 41.8 Å². The molecule has 1 N–H and O–H groups in total. The molecule has 2 aliphatic rings. The van der Waals surface area contributed by atoms with Crippen molar-refractivity contribution >= 4 is 44.7 Å². The van der Waals surface area contributed by atoms with Crippen molar-refractivity contribution < 1.29 is 10.1 Å². The highest BCUT2D eigenvalue weighted by Gasteiger charge is 2.15. The van der Waals surface area contributed by atoms with Crippen LogP contribution in [0.1, 0.15) is 0 Å². The van der Waals surface area contributed by atoms with Gasteiger partial charge in [0.2, 0.25) is 16.6 Å². The van der Waals surface area contributed by atoms with Gasteiger partial charge in [0, 0.05) is 43.5 Å². The first kappa shape index (κ1) is 18.6. The fourth-order valence-corrected chi connectivity index (χ4v) is 3.81. The molecule has 0 saturated carbocycles. The Kier molecular flexibility index (Phi) is 5.74. The van der Waals surface area contributed by atoms with Crippen LogP contribution in [-0.4, -0.2) is 46.0 Å². The number of hydrogen-bond acceptors (Lipinski definition) is 4. The van der Waals surface area contributed by atoms with E-state index in [4.69, 9.17) is 11.6 Å². The minimum absolute atomic E-state index is 0.0563. The molecule has 1 aromatic carbocycles. The van der Waals surface area contributed by atoms with E-state index >= 15 is 0 Å². The van der Waals surface area contributed by atoms with E-state index in [1.54, 1.807) is 11.3 Å². The van der Waals surface area contributed by atoms with Gasteiger partial charge in [-0.25, -0.2) is 9.56 Å². The van der Waals surface area contributed by atoms with Crippen LogP contribution < -0.4 is 24.9 Å². The summed E-state index contributed by atoms with van der Waals surface area (Å²) in [5.74, 6) is -0.322. The van der Waals surface area contributed by atoms with Crippen molar-refractivity contribution in [3.8, 4) is 10.6 Å². The number of fused-ring (bicyclic) bond motifs is 2. The van der Waals surface area contributed by atoms with Crippen molar-refractivity contribution in [2.45, 2.75) is 0 Å². The molecule has 7 heteroatoms. The summed E-state index contributed by atoms with van der Waals surface area (Å²) in [5.41, 5.74) is 3.34. The number of H-pyrrole nitrogens is 1. The zero-order chi connectivity index (χ0) is 18.7. The summed E-state index contributed by atoms with van der Waals surface area (Å²) < 4.78 is 3.29. The van der Waals surface area contributed by atoms with Crippen LogP contribution in [0.4, 0.5) is 5.69 Å². The number of likely N-dealkylation sites (N-methyl/N-ethyl adjacent to an activating group) is 1. The molecule has 136 valence electrons. The standard InChI is InChI=1S/C19H21ClN4OS/c1-23(2)13-4-6-15-17(10-13)26-18-11-14(5-7-16(18)22-15)24(3)9-8-21-19(25)12-20/h4-7,10-11H,8-9,12H2,1-3H3/p+1. The third-order valence-electron chi connectivity index (χ3n) is 4.21. The summed E-state index contributed by atoms with van der Waals surface area (Å²) >= 11 is 7.23. The molecular formula is C19H22ClN4OS+. The Labute approximate surface area is 161 Å². The van der Waals surface area contributed by atoms with Crippen LogP contribution in [0.2, 0.25) is 0 Å². The third-order valence-corrected chi connectivity index (χ3v) is 5.56. The fourth-order valence-electron chi connectivity index (χ4n) is 2.67. The van der Waals surface area contributed by atoms with Crippen molar-refractivity contribution in [3.63, 3.8) is 0 Å². The first-order valence-corrected chi connectivity index (χ1v) is 9.71. The Bertz CT molecular complexity index is 994. The Morgan fingerprint density at radius 1 is 1.27 bits per heavy atom. The van der Waals surface area contributed by atoms with E-state index in [0.29, 0.717) is 13.1 Å². The number of nitrogens with zero attached hydrogens (tertiary/aromatic N) is 3. The van der Waals surface area contributed by atoms with E-state index in [2.05, 4.69) is 55.9 Å². The molecule has 26 heavy (non-hydrogen) atoms. The van der Waals surface area contributed by atoms with Crippen molar-refractivity contribution in [1.29, 1.82) is 0 Å². The van der Waals surface area contributed by atoms with Crippen LogP contribution in [0.15, 0.2) is 41.4 Å². The highest BCUT2D eigenvalue weighted by Crippen LogP contribution is 2.29. The molecule has 1 aliphatic carbocycles. The zero-order valence-electron chi connectivity index (χ0n) is 15.1. The van der Waals surface area contributed by atoms with Crippen LogP contribution in [0.3, 0.4) is 0 Å². The number of hydrogen-bond donors (Lipinski definition) is 0. The quantitative estimate of drug-likeness (QED) is 0.217. The lowest BCUT2D eigenvalue weighted by molar-refractivity contribution is -0.330. The molecule has 5 nitrogen and oxygen atoms in total. The molecule has 1 aliphatic heterocycles. The monoisotopic (exact) mass is 389 g/mol. The largest absolute Gasteiger partial charge is 0.861 e. The van der Waals surface area contributed by atoms with Crippen molar-refractivity contribution in [2.75, 3.05) is 45.0 Å². The number of alkyl halides is 1. The van der Waals surface area contributed by atoms with Gasteiger partial charge in [0.15, 0.2) is 0 Å². The fraction of sp³-hybridized carbons (Fsp3) is 0.316. The van der Waals surface area contributed by atoms with Crippen LogP contribution in [0, 0.1) is 0 Å². The summed E-state index contributed by atoms with van der Waals surface area (Å²) in [6, 6.07) is 12.8. The number of aliphatic imine (C=N–C) groups is 1. The molecule has 1 heterocycles. The van der Waals surface area contributed by atoms with E-state index in [1.807, 2.05) is 21.1 Å². The lowest BCUT2D eigenvalue weighted by Crippen LogP contribution is -2.24. The van der Waals surface area contributed by atoms with Gasteiger partial charge in [-0.3, -0.25) is 0 Å². The SMILES string of the molecule is CN(CCN=C([O-])CCl)c1ccc2[nH+]c3ccc(=[N+](C)C)cc-3sc2c1. The average molecular weight is 390 g/mol. The van der Waals surface area contributed by atoms with Crippen molar-refractivity contribution in [1.82, 2.24) is 4.58 Å². The average Bonchev–Trinajstić information content (AvgIpc) is 2.64. The molecule has 0 radical (unpaired) electrons. The summed E-state index contributed by atoms with van der Waals surface area (Å²) in [5, 5.41) is 12.4. The van der Waals surface area contributed by atoms with Gasteiger partial charge in [-0.2, -0.15) is 0 Å². The smallest absolute Gasteiger partial charge is 0.221 e. The maximum atomic E-state index is 11.2.